The molecule has 10 nitrogen and oxygen atoms in total. The maximum absolute atomic E-state index is 12.7. The van der Waals surface area contributed by atoms with Gasteiger partial charge >= 0.3 is 11.9 Å². The van der Waals surface area contributed by atoms with Crippen molar-refractivity contribution < 1.29 is 48.0 Å². The van der Waals surface area contributed by atoms with Crippen LogP contribution in [-0.2, 0) is 14.3 Å². The first-order chi connectivity index (χ1) is 32.0. The summed E-state index contributed by atoms with van der Waals surface area (Å²) in [7, 11) is 0. The Morgan fingerprint density at radius 3 is 1.10 bits per heavy atom. The monoisotopic (exact) mass is 916 g/mol. The van der Waals surface area contributed by atoms with Crippen LogP contribution in [0.3, 0.4) is 0 Å². The molecule has 0 atom stereocenters. The quantitative estimate of drug-likeness (QED) is 0.0568. The molecule has 6 aromatic carbocycles. The van der Waals surface area contributed by atoms with Crippen LogP contribution in [0.5, 0.6) is 34.5 Å². The van der Waals surface area contributed by atoms with Crippen molar-refractivity contribution in [1.29, 1.82) is 0 Å². The lowest BCUT2D eigenvalue weighted by Gasteiger charge is -2.30. The van der Waals surface area contributed by atoms with E-state index in [0.717, 1.165) is 44.9 Å². The third-order valence-electron chi connectivity index (χ3n) is 10.2. The van der Waals surface area contributed by atoms with E-state index in [9.17, 15) is 24.3 Å². The summed E-state index contributed by atoms with van der Waals surface area (Å²) in [5.74, 6) is 2.26. The zero-order valence-electron chi connectivity index (χ0n) is 40.6. The van der Waals surface area contributed by atoms with Gasteiger partial charge in [0.1, 0.15) is 40.1 Å². The number of ketones is 2. The van der Waals surface area contributed by atoms with Crippen molar-refractivity contribution in [3.8, 4) is 34.5 Å². The van der Waals surface area contributed by atoms with E-state index in [1.165, 1.54) is 19.9 Å². The first kappa shape index (κ1) is 51.3. The topological polar surface area (TPSA) is 135 Å². The second-order valence-corrected chi connectivity index (χ2v) is 18.3. The highest BCUT2D eigenvalue weighted by atomic mass is 16.6. The van der Waals surface area contributed by atoms with Gasteiger partial charge in [-0.1, -0.05) is 48.6 Å². The van der Waals surface area contributed by atoms with Gasteiger partial charge in [0.2, 0.25) is 0 Å². The SMILES string of the molecule is Cc1cc(/C=C/C(=O)c2ccc(Oc3ccccc3)cc2)cc(C)c1OC(C)(C)C(=O)O.Cc1cc(/C=C/C(=O)c2ccc(Oc3ccccc3)cc2)cc(C)c1OC(C)(C)C(=O)OC(C)(C)C. The Labute approximate surface area is 399 Å². The number of aliphatic carboxylic acids is 1. The van der Waals surface area contributed by atoms with Gasteiger partial charge in [-0.3, -0.25) is 9.59 Å². The molecule has 0 radical (unpaired) electrons. The van der Waals surface area contributed by atoms with E-state index in [-0.39, 0.29) is 11.6 Å². The predicted octanol–water partition coefficient (Wildman–Crippen LogP) is 13.7. The Hall–Kier alpha value is -7.72. The number of allylic oxidation sites excluding steroid dienone is 2. The van der Waals surface area contributed by atoms with Crippen molar-refractivity contribution >= 4 is 35.7 Å². The number of rotatable bonds is 16. The molecule has 0 aliphatic heterocycles. The first-order valence-electron chi connectivity index (χ1n) is 22.2. The van der Waals surface area contributed by atoms with Gasteiger partial charge in [-0.15, -0.1) is 0 Å². The molecule has 0 aliphatic carbocycles. The van der Waals surface area contributed by atoms with Gasteiger partial charge in [0.25, 0.3) is 0 Å². The molecule has 0 saturated carbocycles. The smallest absolute Gasteiger partial charge is 0.350 e. The minimum absolute atomic E-state index is 0.108. The zero-order chi connectivity index (χ0) is 49.8. The molecule has 6 aromatic rings. The maximum Gasteiger partial charge on any atom is 0.350 e. The fourth-order valence-corrected chi connectivity index (χ4v) is 6.64. The van der Waals surface area contributed by atoms with Crippen molar-refractivity contribution in [1.82, 2.24) is 0 Å². The Balaban J connectivity index is 0.000000256. The molecule has 10 heteroatoms. The number of ether oxygens (including phenoxy) is 5. The predicted molar refractivity (Wildman–Crippen MR) is 267 cm³/mol. The number of esters is 1. The van der Waals surface area contributed by atoms with Crippen LogP contribution >= 0.6 is 0 Å². The number of para-hydroxylation sites is 2. The average molecular weight is 917 g/mol. The molecule has 1 N–H and O–H groups in total. The molecule has 352 valence electrons. The fourth-order valence-electron chi connectivity index (χ4n) is 6.64. The number of carbonyl (C=O) groups excluding carboxylic acids is 3. The molecule has 0 fully saturated rings. The molecule has 0 bridgehead atoms. The van der Waals surface area contributed by atoms with Crippen LogP contribution in [0.15, 0.2) is 146 Å². The van der Waals surface area contributed by atoms with Crippen LogP contribution in [0.2, 0.25) is 0 Å². The van der Waals surface area contributed by atoms with E-state index in [4.69, 9.17) is 23.7 Å². The number of benzene rings is 6. The second kappa shape index (κ2) is 22.2. The van der Waals surface area contributed by atoms with Crippen LogP contribution < -0.4 is 18.9 Å². The van der Waals surface area contributed by atoms with Crippen molar-refractivity contribution in [3.63, 3.8) is 0 Å². The summed E-state index contributed by atoms with van der Waals surface area (Å²) >= 11 is 0. The van der Waals surface area contributed by atoms with E-state index < -0.39 is 28.7 Å². The van der Waals surface area contributed by atoms with Crippen LogP contribution in [0, 0.1) is 27.7 Å². The minimum atomic E-state index is -1.33. The Kier molecular flexibility index (Phi) is 16.7. The van der Waals surface area contributed by atoms with E-state index in [1.54, 1.807) is 80.6 Å². The summed E-state index contributed by atoms with van der Waals surface area (Å²) in [5, 5.41) is 9.30. The third-order valence-corrected chi connectivity index (χ3v) is 10.2. The van der Waals surface area contributed by atoms with Crippen LogP contribution in [0.25, 0.3) is 12.2 Å². The summed E-state index contributed by atoms with van der Waals surface area (Å²) in [6.07, 6.45) is 6.58. The molecular weight excluding hydrogens is 857 g/mol. The fraction of sp³-hybridized carbons (Fsp3) is 0.241. The summed E-state index contributed by atoms with van der Waals surface area (Å²) in [6, 6.07) is 40.5. The van der Waals surface area contributed by atoms with E-state index in [0.29, 0.717) is 34.1 Å². The molecule has 0 unspecified atom stereocenters. The number of carboxylic acid groups (broad SMARTS) is 1. The van der Waals surface area contributed by atoms with Crippen molar-refractivity contribution in [2.45, 2.75) is 93.0 Å². The van der Waals surface area contributed by atoms with E-state index >= 15 is 0 Å². The molecule has 6 rings (SSSR count). The molecule has 0 aromatic heterocycles. The molecule has 68 heavy (non-hydrogen) atoms. The van der Waals surface area contributed by atoms with Gasteiger partial charge in [0, 0.05) is 11.1 Å². The lowest BCUT2D eigenvalue weighted by Crippen LogP contribution is -2.43. The van der Waals surface area contributed by atoms with Crippen LogP contribution in [0.4, 0.5) is 0 Å². The highest BCUT2D eigenvalue weighted by Gasteiger charge is 2.35. The van der Waals surface area contributed by atoms with Gasteiger partial charge in [-0.05, 0) is 219 Å². The minimum Gasteiger partial charge on any atom is -0.478 e. The van der Waals surface area contributed by atoms with Gasteiger partial charge in [0.05, 0.1) is 0 Å². The number of hydrogen-bond donors (Lipinski definition) is 1. The highest BCUT2D eigenvalue weighted by Crippen LogP contribution is 2.32. The Morgan fingerprint density at radius 2 is 0.779 bits per heavy atom. The van der Waals surface area contributed by atoms with E-state index in [1.807, 2.05) is 133 Å². The molecule has 0 aliphatic rings. The number of carboxylic acids is 1. The average Bonchev–Trinajstić information content (AvgIpc) is 3.28. The molecule has 0 spiro atoms. The normalized spacial score (nSPS) is 11.6. The van der Waals surface area contributed by atoms with Gasteiger partial charge in [-0.2, -0.15) is 0 Å². The summed E-state index contributed by atoms with van der Waals surface area (Å²) < 4.78 is 28.9. The standard InChI is InChI=1S/C31H34O5.C27H26O5/c1-21-19-23(20-22(2)28(21)35-31(6,7)29(33)36-30(3,4)5)13-18-27(32)24-14-16-26(17-15-24)34-25-11-9-8-10-12-25;1-18-16-20(17-19(2)25(18)32-27(3,4)26(29)30)10-15-24(28)21-11-13-23(14-12-21)31-22-8-6-5-7-9-22/h8-20H,1-7H3;5-17H,1-4H3,(H,29,30)/b18-13+;15-10+. The number of aryl methyl sites for hydroxylation is 4. The lowest BCUT2D eigenvalue weighted by atomic mass is 10.0. The van der Waals surface area contributed by atoms with Crippen LogP contribution in [-0.4, -0.2) is 45.4 Å². The lowest BCUT2D eigenvalue weighted by molar-refractivity contribution is -0.171. The van der Waals surface area contributed by atoms with E-state index in [2.05, 4.69) is 0 Å². The van der Waals surface area contributed by atoms with Gasteiger partial charge in [0.15, 0.2) is 22.8 Å². The van der Waals surface area contributed by atoms with Crippen molar-refractivity contribution in [3.05, 3.63) is 190 Å². The second-order valence-electron chi connectivity index (χ2n) is 18.3. The maximum atomic E-state index is 12.7. The molecular formula is C58H60O10. The number of carbonyl (C=O) groups is 4. The molecule has 0 saturated heterocycles. The third kappa shape index (κ3) is 14.9. The van der Waals surface area contributed by atoms with Gasteiger partial charge in [-0.25, -0.2) is 9.59 Å². The Bertz CT molecular complexity index is 2730. The summed E-state index contributed by atoms with van der Waals surface area (Å²) in [6.45, 7) is 19.4. The van der Waals surface area contributed by atoms with Gasteiger partial charge < -0.3 is 28.8 Å². The largest absolute Gasteiger partial charge is 0.478 e. The first-order valence-corrected chi connectivity index (χ1v) is 22.2. The molecule has 0 heterocycles. The molecule has 0 amide bonds. The summed E-state index contributed by atoms with van der Waals surface area (Å²) in [5.41, 5.74) is 3.06. The highest BCUT2D eigenvalue weighted by molar-refractivity contribution is 6.07. The summed E-state index contributed by atoms with van der Waals surface area (Å²) in [4.78, 5) is 49.2. The number of hydrogen-bond acceptors (Lipinski definition) is 9. The van der Waals surface area contributed by atoms with Crippen molar-refractivity contribution in [2.24, 2.45) is 0 Å². The van der Waals surface area contributed by atoms with Crippen LogP contribution in [0.1, 0.15) is 103 Å². The zero-order valence-corrected chi connectivity index (χ0v) is 40.6. The van der Waals surface area contributed by atoms with Crippen molar-refractivity contribution in [2.75, 3.05) is 0 Å². The Morgan fingerprint density at radius 1 is 0.456 bits per heavy atom.